The molecular weight excluding hydrogens is 340 g/mol. The number of hydrogen-bond donors (Lipinski definition) is 4. The second-order valence-electron chi connectivity index (χ2n) is 5.32. The summed E-state index contributed by atoms with van der Waals surface area (Å²) in [7, 11) is 0. The molecule has 0 aliphatic rings. The fraction of sp³-hybridized carbons (Fsp3) is 0. The van der Waals surface area contributed by atoms with E-state index >= 15 is 0 Å². The normalized spacial score (nSPS) is 10.9. The van der Waals surface area contributed by atoms with E-state index in [9.17, 15) is 14.7 Å². The molecule has 0 atom stereocenters. The Labute approximate surface area is 145 Å². The highest BCUT2D eigenvalue weighted by molar-refractivity contribution is 7.13. The van der Waals surface area contributed by atoms with E-state index in [-0.39, 0.29) is 17.1 Å². The Morgan fingerprint density at radius 2 is 2.04 bits per heavy atom. The Morgan fingerprint density at radius 1 is 1.20 bits per heavy atom. The number of anilines is 1. The summed E-state index contributed by atoms with van der Waals surface area (Å²) in [4.78, 5) is 28.2. The number of pyridine rings is 1. The maximum atomic E-state index is 12.5. The Morgan fingerprint density at radius 3 is 2.84 bits per heavy atom. The number of thiophene rings is 1. The predicted octanol–water partition coefficient (Wildman–Crippen LogP) is 2.94. The van der Waals surface area contributed by atoms with Crippen molar-refractivity contribution in [2.24, 2.45) is 0 Å². The van der Waals surface area contributed by atoms with Crippen LogP contribution in [0.25, 0.3) is 21.5 Å². The zero-order valence-corrected chi connectivity index (χ0v) is 13.6. The highest BCUT2D eigenvalue weighted by Crippen LogP contribution is 2.26. The van der Waals surface area contributed by atoms with Crippen LogP contribution in [0, 0.1) is 0 Å². The van der Waals surface area contributed by atoms with Crippen LogP contribution < -0.4 is 10.9 Å². The molecule has 8 heteroatoms. The van der Waals surface area contributed by atoms with Gasteiger partial charge in [0.2, 0.25) is 0 Å². The third-order valence-electron chi connectivity index (χ3n) is 3.73. The number of nitrogens with zero attached hydrogens (tertiary/aromatic N) is 1. The first-order valence-electron chi connectivity index (χ1n) is 7.38. The topological polar surface area (TPSA) is 111 Å². The summed E-state index contributed by atoms with van der Waals surface area (Å²) < 4.78 is 0. The van der Waals surface area contributed by atoms with Crippen molar-refractivity contribution in [2.45, 2.75) is 0 Å². The van der Waals surface area contributed by atoms with E-state index in [0.29, 0.717) is 10.9 Å². The average molecular weight is 352 g/mol. The van der Waals surface area contributed by atoms with Crippen LogP contribution in [0.1, 0.15) is 10.4 Å². The van der Waals surface area contributed by atoms with Gasteiger partial charge in [-0.15, -0.1) is 11.3 Å². The van der Waals surface area contributed by atoms with Crippen molar-refractivity contribution in [3.63, 3.8) is 0 Å². The number of amides is 1. The molecule has 25 heavy (non-hydrogen) atoms. The maximum Gasteiger partial charge on any atom is 0.266 e. The van der Waals surface area contributed by atoms with Crippen LogP contribution in [0.5, 0.6) is 5.75 Å². The smallest absolute Gasteiger partial charge is 0.266 e. The molecule has 0 unspecified atom stereocenters. The summed E-state index contributed by atoms with van der Waals surface area (Å²) in [6.45, 7) is 0. The standard InChI is InChI=1S/C17H12N4O3S/c22-15-9-4-1-2-5-10(9)18-16(23)14(15)17(24)19-13-8-11(20-21-13)12-6-3-7-25-12/h1-8H,(H2,18,22,23)(H2,19,20,21,24). The van der Waals surface area contributed by atoms with Crippen molar-refractivity contribution in [2.75, 3.05) is 5.32 Å². The van der Waals surface area contributed by atoms with Gasteiger partial charge in [0.1, 0.15) is 11.3 Å². The Bertz CT molecular complexity index is 1130. The molecule has 0 saturated heterocycles. The summed E-state index contributed by atoms with van der Waals surface area (Å²) in [6.07, 6.45) is 0. The van der Waals surface area contributed by atoms with Gasteiger partial charge in [0.25, 0.3) is 11.5 Å². The first kappa shape index (κ1) is 15.2. The Balaban J connectivity index is 1.68. The molecule has 1 aromatic carbocycles. The lowest BCUT2D eigenvalue weighted by Crippen LogP contribution is -2.23. The molecule has 0 bridgehead atoms. The SMILES string of the molecule is O=C(Nc1cc(-c2cccs2)[nH]n1)c1c(O)c2ccccc2[nH]c1=O. The zero-order valence-electron chi connectivity index (χ0n) is 12.7. The van der Waals surface area contributed by atoms with Crippen LogP contribution in [0.2, 0.25) is 0 Å². The highest BCUT2D eigenvalue weighted by Gasteiger charge is 2.20. The molecule has 124 valence electrons. The summed E-state index contributed by atoms with van der Waals surface area (Å²) in [5, 5.41) is 22.0. The molecule has 0 fully saturated rings. The van der Waals surface area contributed by atoms with Gasteiger partial charge in [0.15, 0.2) is 5.82 Å². The van der Waals surface area contributed by atoms with E-state index in [1.807, 2.05) is 17.5 Å². The number of para-hydroxylation sites is 1. The van der Waals surface area contributed by atoms with Crippen molar-refractivity contribution < 1.29 is 9.90 Å². The number of aromatic hydroxyl groups is 1. The Hall–Kier alpha value is -3.39. The second kappa shape index (κ2) is 5.91. The van der Waals surface area contributed by atoms with Crippen molar-refractivity contribution in [3.8, 4) is 16.3 Å². The minimum Gasteiger partial charge on any atom is -0.506 e. The largest absolute Gasteiger partial charge is 0.506 e. The van der Waals surface area contributed by atoms with Crippen molar-refractivity contribution >= 4 is 34.0 Å². The van der Waals surface area contributed by atoms with Gasteiger partial charge < -0.3 is 15.4 Å². The molecule has 0 radical (unpaired) electrons. The third kappa shape index (κ3) is 2.68. The first-order chi connectivity index (χ1) is 12.1. The van der Waals surface area contributed by atoms with Crippen LogP contribution in [0.3, 0.4) is 0 Å². The molecule has 4 N–H and O–H groups in total. The summed E-state index contributed by atoms with van der Waals surface area (Å²) in [5.74, 6) is -0.819. The van der Waals surface area contributed by atoms with Crippen molar-refractivity contribution in [1.82, 2.24) is 15.2 Å². The van der Waals surface area contributed by atoms with Gasteiger partial charge in [0.05, 0.1) is 16.1 Å². The highest BCUT2D eigenvalue weighted by atomic mass is 32.1. The number of aromatic nitrogens is 3. The van der Waals surface area contributed by atoms with E-state index in [1.165, 1.54) is 11.3 Å². The lowest BCUT2D eigenvalue weighted by molar-refractivity contribution is 0.102. The maximum absolute atomic E-state index is 12.5. The molecule has 4 rings (SSSR count). The minimum absolute atomic E-state index is 0.264. The second-order valence-corrected chi connectivity index (χ2v) is 6.27. The predicted molar refractivity (Wildman–Crippen MR) is 96.1 cm³/mol. The van der Waals surface area contributed by atoms with E-state index in [4.69, 9.17) is 0 Å². The van der Waals surface area contributed by atoms with Crippen LogP contribution >= 0.6 is 11.3 Å². The lowest BCUT2D eigenvalue weighted by atomic mass is 10.1. The van der Waals surface area contributed by atoms with Crippen molar-refractivity contribution in [3.05, 3.63) is 63.8 Å². The van der Waals surface area contributed by atoms with E-state index in [2.05, 4.69) is 20.5 Å². The molecule has 3 aromatic heterocycles. The van der Waals surface area contributed by atoms with Crippen LogP contribution in [0.4, 0.5) is 5.82 Å². The number of H-pyrrole nitrogens is 2. The first-order valence-corrected chi connectivity index (χ1v) is 8.26. The fourth-order valence-corrected chi connectivity index (χ4v) is 3.25. The fourth-order valence-electron chi connectivity index (χ4n) is 2.56. The molecule has 0 spiro atoms. The number of rotatable bonds is 3. The van der Waals surface area contributed by atoms with Crippen LogP contribution in [-0.4, -0.2) is 26.2 Å². The molecular formula is C17H12N4O3S. The zero-order chi connectivity index (χ0) is 17.4. The number of carbonyl (C=O) groups excluding carboxylic acids is 1. The number of aromatic amines is 2. The van der Waals surface area contributed by atoms with E-state index in [1.54, 1.807) is 30.3 Å². The van der Waals surface area contributed by atoms with E-state index < -0.39 is 11.5 Å². The molecule has 4 aromatic rings. The molecule has 1 amide bonds. The molecule has 0 aliphatic carbocycles. The van der Waals surface area contributed by atoms with Gasteiger partial charge in [-0.05, 0) is 23.6 Å². The van der Waals surface area contributed by atoms with Gasteiger partial charge >= 0.3 is 0 Å². The number of hydrogen-bond acceptors (Lipinski definition) is 5. The van der Waals surface area contributed by atoms with E-state index in [0.717, 1.165) is 10.6 Å². The lowest BCUT2D eigenvalue weighted by Gasteiger charge is -2.06. The average Bonchev–Trinajstić information content (AvgIpc) is 3.26. The molecule has 7 nitrogen and oxygen atoms in total. The van der Waals surface area contributed by atoms with Gasteiger partial charge in [-0.25, -0.2) is 0 Å². The number of carbonyl (C=O) groups is 1. The van der Waals surface area contributed by atoms with Crippen molar-refractivity contribution in [1.29, 1.82) is 0 Å². The number of nitrogens with one attached hydrogen (secondary N) is 3. The summed E-state index contributed by atoms with van der Waals surface area (Å²) in [6, 6.07) is 12.2. The molecule has 0 saturated carbocycles. The van der Waals surface area contributed by atoms with Crippen LogP contribution in [0.15, 0.2) is 52.6 Å². The summed E-state index contributed by atoms with van der Waals surface area (Å²) >= 11 is 1.53. The number of benzene rings is 1. The molecule has 3 heterocycles. The van der Waals surface area contributed by atoms with Gasteiger partial charge in [0, 0.05) is 11.5 Å². The quantitative estimate of drug-likeness (QED) is 0.454. The third-order valence-corrected chi connectivity index (χ3v) is 4.63. The summed E-state index contributed by atoms with van der Waals surface area (Å²) in [5.41, 5.74) is 0.199. The Kier molecular flexibility index (Phi) is 3.58. The van der Waals surface area contributed by atoms with Gasteiger partial charge in [-0.2, -0.15) is 5.10 Å². The van der Waals surface area contributed by atoms with Gasteiger partial charge in [-0.3, -0.25) is 14.7 Å². The monoisotopic (exact) mass is 352 g/mol. The van der Waals surface area contributed by atoms with Gasteiger partial charge in [-0.1, -0.05) is 18.2 Å². The molecule has 0 aliphatic heterocycles. The minimum atomic E-state index is -0.728. The van der Waals surface area contributed by atoms with Crippen LogP contribution in [-0.2, 0) is 0 Å². The number of fused-ring (bicyclic) bond motifs is 1.